The van der Waals surface area contributed by atoms with Gasteiger partial charge in [-0.15, -0.1) is 22.7 Å². The Balaban J connectivity index is 1.15. The first-order chi connectivity index (χ1) is 26.8. The van der Waals surface area contributed by atoms with E-state index in [1.807, 2.05) is 22.7 Å². The summed E-state index contributed by atoms with van der Waals surface area (Å²) in [5.74, 6) is 0. The second-order valence-corrected chi connectivity index (χ2v) is 15.9. The van der Waals surface area contributed by atoms with Gasteiger partial charge in [-0.1, -0.05) is 103 Å². The first kappa shape index (κ1) is 31.1. The molecule has 0 fully saturated rings. The zero-order valence-electron chi connectivity index (χ0n) is 29.2. The lowest BCUT2D eigenvalue weighted by molar-refractivity contribution is 1.26. The standard InChI is InChI=1S/C50H32N2S2/c1-3-13-34(14-4-1)51(35-15-5-2-6-16-35)36-17-11-18-37(30-36)52(38-26-28-49-45(31-38)42-20-8-9-23-47(42)53-49)46-22-12-21-39-40(46)27-25-33-29-44-41-19-7-10-24-48(41)54-50(44)32-43(33)39/h1-32H. The summed E-state index contributed by atoms with van der Waals surface area (Å²) in [6.45, 7) is 0. The van der Waals surface area contributed by atoms with Crippen molar-refractivity contribution in [1.29, 1.82) is 0 Å². The summed E-state index contributed by atoms with van der Waals surface area (Å²) in [4.78, 5) is 4.79. The van der Waals surface area contributed by atoms with E-state index in [4.69, 9.17) is 0 Å². The molecule has 2 heterocycles. The van der Waals surface area contributed by atoms with Crippen molar-refractivity contribution >= 4 is 119 Å². The topological polar surface area (TPSA) is 6.48 Å². The fourth-order valence-corrected chi connectivity index (χ4v) is 10.4. The molecule has 11 aromatic rings. The molecule has 0 radical (unpaired) electrons. The maximum absolute atomic E-state index is 2.45. The molecule has 2 nitrogen and oxygen atoms in total. The Bertz CT molecular complexity index is 3140. The van der Waals surface area contributed by atoms with E-state index in [-0.39, 0.29) is 0 Å². The van der Waals surface area contributed by atoms with Gasteiger partial charge < -0.3 is 9.80 Å². The molecule has 0 saturated heterocycles. The Morgan fingerprint density at radius 1 is 0.259 bits per heavy atom. The van der Waals surface area contributed by atoms with Gasteiger partial charge in [0, 0.05) is 74.2 Å². The lowest BCUT2D eigenvalue weighted by atomic mass is 9.98. The predicted octanol–water partition coefficient (Wildman–Crippen LogP) is 15.7. The highest BCUT2D eigenvalue weighted by Gasteiger charge is 2.20. The van der Waals surface area contributed by atoms with Crippen LogP contribution in [0.1, 0.15) is 0 Å². The van der Waals surface area contributed by atoms with E-state index in [9.17, 15) is 0 Å². The van der Waals surface area contributed by atoms with Crippen LogP contribution in [0.15, 0.2) is 194 Å². The number of fused-ring (bicyclic) bond motifs is 9. The number of para-hydroxylation sites is 2. The maximum atomic E-state index is 2.45. The summed E-state index contributed by atoms with van der Waals surface area (Å²) in [6.07, 6.45) is 0. The second kappa shape index (κ2) is 12.6. The fourth-order valence-electron chi connectivity index (χ4n) is 8.14. The summed E-state index contributed by atoms with van der Waals surface area (Å²) in [5, 5.41) is 10.2. The lowest BCUT2D eigenvalue weighted by Gasteiger charge is -2.30. The minimum atomic E-state index is 1.09. The minimum Gasteiger partial charge on any atom is -0.310 e. The van der Waals surface area contributed by atoms with Gasteiger partial charge >= 0.3 is 0 Å². The summed E-state index contributed by atoms with van der Waals surface area (Å²) >= 11 is 3.74. The maximum Gasteiger partial charge on any atom is 0.0540 e. The molecule has 0 bridgehead atoms. The third kappa shape index (κ3) is 5.07. The van der Waals surface area contributed by atoms with Gasteiger partial charge in [0.15, 0.2) is 0 Å². The van der Waals surface area contributed by atoms with Crippen LogP contribution < -0.4 is 9.80 Å². The van der Waals surface area contributed by atoms with Crippen molar-refractivity contribution in [1.82, 2.24) is 0 Å². The highest BCUT2D eigenvalue weighted by molar-refractivity contribution is 7.26. The summed E-state index contributed by atoms with van der Waals surface area (Å²) in [5.41, 5.74) is 6.69. The molecule has 0 atom stereocenters. The summed E-state index contributed by atoms with van der Waals surface area (Å²) < 4.78 is 5.26. The molecule has 2 aromatic heterocycles. The highest BCUT2D eigenvalue weighted by atomic mass is 32.1. The lowest BCUT2D eigenvalue weighted by Crippen LogP contribution is -2.13. The van der Waals surface area contributed by atoms with Crippen LogP contribution in [0.2, 0.25) is 0 Å². The zero-order valence-corrected chi connectivity index (χ0v) is 30.8. The van der Waals surface area contributed by atoms with Gasteiger partial charge in [0.25, 0.3) is 0 Å². The Kier molecular flexibility index (Phi) is 7.25. The van der Waals surface area contributed by atoms with E-state index in [1.54, 1.807) is 0 Å². The van der Waals surface area contributed by atoms with Gasteiger partial charge in [0.05, 0.1) is 5.69 Å². The summed E-state index contributed by atoms with van der Waals surface area (Å²) in [6, 6.07) is 71.0. The third-order valence-corrected chi connectivity index (χ3v) is 12.9. The smallest absolute Gasteiger partial charge is 0.0540 e. The van der Waals surface area contributed by atoms with Crippen LogP contribution in [-0.4, -0.2) is 0 Å². The van der Waals surface area contributed by atoms with Crippen molar-refractivity contribution in [2.24, 2.45) is 0 Å². The molecule has 0 unspecified atom stereocenters. The van der Waals surface area contributed by atoms with Crippen LogP contribution >= 0.6 is 22.7 Å². The average molecular weight is 725 g/mol. The molecule has 4 heteroatoms. The van der Waals surface area contributed by atoms with E-state index in [0.717, 1.165) is 34.1 Å². The largest absolute Gasteiger partial charge is 0.310 e. The Hall–Kier alpha value is -6.46. The van der Waals surface area contributed by atoms with Crippen molar-refractivity contribution in [3.8, 4) is 0 Å². The molecule has 9 aromatic carbocycles. The number of hydrogen-bond donors (Lipinski definition) is 0. The molecule has 0 N–H and O–H groups in total. The number of nitrogens with zero attached hydrogens (tertiary/aromatic N) is 2. The van der Waals surface area contributed by atoms with Gasteiger partial charge in [-0.2, -0.15) is 0 Å². The Morgan fingerprint density at radius 3 is 1.52 bits per heavy atom. The normalized spacial score (nSPS) is 11.7. The molecule has 11 rings (SSSR count). The molecule has 0 aliphatic heterocycles. The Morgan fingerprint density at radius 2 is 0.796 bits per heavy atom. The molecule has 0 aliphatic carbocycles. The molecule has 0 saturated carbocycles. The molecule has 254 valence electrons. The molecule has 0 spiro atoms. The molecular weight excluding hydrogens is 693 g/mol. The highest BCUT2D eigenvalue weighted by Crippen LogP contribution is 2.46. The van der Waals surface area contributed by atoms with Crippen molar-refractivity contribution in [3.05, 3.63) is 194 Å². The van der Waals surface area contributed by atoms with Gasteiger partial charge in [-0.25, -0.2) is 0 Å². The average Bonchev–Trinajstić information content (AvgIpc) is 3.79. The molecule has 0 aliphatic rings. The van der Waals surface area contributed by atoms with E-state index in [2.05, 4.69) is 204 Å². The molecular formula is C50H32N2S2. The van der Waals surface area contributed by atoms with Crippen molar-refractivity contribution in [3.63, 3.8) is 0 Å². The van der Waals surface area contributed by atoms with Gasteiger partial charge in [-0.05, 0) is 107 Å². The monoisotopic (exact) mass is 724 g/mol. The quantitative estimate of drug-likeness (QED) is 0.158. The number of rotatable bonds is 6. The van der Waals surface area contributed by atoms with Crippen LogP contribution in [-0.2, 0) is 0 Å². The van der Waals surface area contributed by atoms with Gasteiger partial charge in [0.1, 0.15) is 0 Å². The fraction of sp³-hybridized carbons (Fsp3) is 0. The summed E-state index contributed by atoms with van der Waals surface area (Å²) in [7, 11) is 0. The second-order valence-electron chi connectivity index (χ2n) is 13.7. The zero-order chi connectivity index (χ0) is 35.6. The van der Waals surface area contributed by atoms with E-state index >= 15 is 0 Å². The Labute approximate surface area is 321 Å². The van der Waals surface area contributed by atoms with Crippen LogP contribution in [0.5, 0.6) is 0 Å². The number of anilines is 6. The van der Waals surface area contributed by atoms with E-state index in [1.165, 1.54) is 61.9 Å². The van der Waals surface area contributed by atoms with Gasteiger partial charge in [0.2, 0.25) is 0 Å². The first-order valence-electron chi connectivity index (χ1n) is 18.3. The van der Waals surface area contributed by atoms with Crippen LogP contribution in [0, 0.1) is 0 Å². The number of thiophene rings is 2. The molecule has 0 amide bonds. The van der Waals surface area contributed by atoms with Crippen molar-refractivity contribution < 1.29 is 0 Å². The number of benzene rings is 9. The minimum absolute atomic E-state index is 1.09. The third-order valence-electron chi connectivity index (χ3n) is 10.6. The van der Waals surface area contributed by atoms with Crippen LogP contribution in [0.25, 0.3) is 61.9 Å². The SMILES string of the molecule is c1ccc(N(c2ccccc2)c2cccc(N(c3ccc4sc5ccccc5c4c3)c3cccc4c3ccc3cc5c(cc34)sc3ccccc35)c2)cc1. The van der Waals surface area contributed by atoms with E-state index in [0.29, 0.717) is 0 Å². The number of hydrogen-bond acceptors (Lipinski definition) is 4. The van der Waals surface area contributed by atoms with Gasteiger partial charge in [-0.3, -0.25) is 0 Å². The first-order valence-corrected chi connectivity index (χ1v) is 19.9. The van der Waals surface area contributed by atoms with Crippen LogP contribution in [0.4, 0.5) is 34.1 Å². The molecule has 54 heavy (non-hydrogen) atoms. The van der Waals surface area contributed by atoms with Crippen molar-refractivity contribution in [2.75, 3.05) is 9.80 Å². The predicted molar refractivity (Wildman–Crippen MR) is 237 cm³/mol. The van der Waals surface area contributed by atoms with Crippen LogP contribution in [0.3, 0.4) is 0 Å². The van der Waals surface area contributed by atoms with E-state index < -0.39 is 0 Å². The van der Waals surface area contributed by atoms with Crippen molar-refractivity contribution in [2.45, 2.75) is 0 Å².